The highest BCUT2D eigenvalue weighted by Gasteiger charge is 2.21. The average Bonchev–Trinajstić information content (AvgIpc) is 2.61. The van der Waals surface area contributed by atoms with Crippen molar-refractivity contribution in [1.29, 1.82) is 0 Å². The summed E-state index contributed by atoms with van der Waals surface area (Å²) >= 11 is 5.72. The van der Waals surface area contributed by atoms with Gasteiger partial charge in [0.05, 0.1) is 13.2 Å². The Morgan fingerprint density at radius 3 is 2.69 bits per heavy atom. The van der Waals surface area contributed by atoms with Gasteiger partial charge in [-0.25, -0.2) is 4.39 Å². The van der Waals surface area contributed by atoms with Gasteiger partial charge in [0.2, 0.25) is 0 Å². The predicted molar refractivity (Wildman–Crippen MR) is 46.1 cm³/mol. The molecule has 1 aliphatic rings. The third kappa shape index (κ3) is 1.82. The van der Waals surface area contributed by atoms with Gasteiger partial charge in [-0.3, -0.25) is 0 Å². The monoisotopic (exact) mass is 202 g/mol. The Morgan fingerprint density at radius 2 is 2.00 bits per heavy atom. The Morgan fingerprint density at radius 1 is 1.31 bits per heavy atom. The molecule has 0 aromatic heterocycles. The van der Waals surface area contributed by atoms with Gasteiger partial charge < -0.3 is 9.47 Å². The Bertz CT molecular complexity index is 310. The first-order valence-corrected chi connectivity index (χ1v) is 4.33. The van der Waals surface area contributed by atoms with Crippen LogP contribution in [0.5, 0.6) is 0 Å². The van der Waals surface area contributed by atoms with Crippen molar-refractivity contribution in [1.82, 2.24) is 0 Å². The third-order valence-corrected chi connectivity index (χ3v) is 2.07. The molecule has 0 atom stereocenters. The largest absolute Gasteiger partial charge is 0.346 e. The summed E-state index contributed by atoms with van der Waals surface area (Å²) in [7, 11) is 0. The molecule has 1 aromatic carbocycles. The Hall–Kier alpha value is -0.640. The molecule has 2 rings (SSSR count). The van der Waals surface area contributed by atoms with Crippen molar-refractivity contribution in [3.05, 3.63) is 34.6 Å². The lowest BCUT2D eigenvalue weighted by Gasteiger charge is -2.10. The molecular formula is C9H8ClFO2. The molecule has 0 saturated carbocycles. The predicted octanol–water partition coefficient (Wildman–Crippen LogP) is 2.52. The molecule has 2 nitrogen and oxygen atoms in total. The molecule has 1 aliphatic heterocycles. The highest BCUT2D eigenvalue weighted by Crippen LogP contribution is 2.27. The molecule has 0 radical (unpaired) electrons. The summed E-state index contributed by atoms with van der Waals surface area (Å²) in [5.41, 5.74) is 0.366. The van der Waals surface area contributed by atoms with E-state index in [1.54, 1.807) is 0 Å². The maximum Gasteiger partial charge on any atom is 0.186 e. The van der Waals surface area contributed by atoms with Crippen LogP contribution < -0.4 is 0 Å². The van der Waals surface area contributed by atoms with Crippen LogP contribution >= 0.6 is 11.6 Å². The summed E-state index contributed by atoms with van der Waals surface area (Å²) < 4.78 is 23.5. The van der Waals surface area contributed by atoms with Gasteiger partial charge in [0.25, 0.3) is 0 Å². The minimum Gasteiger partial charge on any atom is -0.346 e. The van der Waals surface area contributed by atoms with Gasteiger partial charge in [-0.05, 0) is 18.2 Å². The zero-order valence-electron chi connectivity index (χ0n) is 6.80. The zero-order chi connectivity index (χ0) is 9.26. The standard InChI is InChI=1S/C9H8ClFO2/c10-6-1-2-8(11)7(5-6)9-12-3-4-13-9/h1-2,5,9H,3-4H2. The molecule has 13 heavy (non-hydrogen) atoms. The van der Waals surface area contributed by atoms with Crippen LogP contribution in [0.2, 0.25) is 5.02 Å². The molecule has 1 saturated heterocycles. The van der Waals surface area contributed by atoms with Gasteiger partial charge >= 0.3 is 0 Å². The van der Waals surface area contributed by atoms with Crippen LogP contribution in [0.4, 0.5) is 4.39 Å². The number of hydrogen-bond donors (Lipinski definition) is 0. The molecule has 0 spiro atoms. The van der Waals surface area contributed by atoms with Gasteiger partial charge in [-0.2, -0.15) is 0 Å². The SMILES string of the molecule is Fc1ccc(Cl)cc1C1OCCO1. The first kappa shape index (κ1) is 8.94. The van der Waals surface area contributed by atoms with E-state index in [0.717, 1.165) is 0 Å². The van der Waals surface area contributed by atoms with E-state index in [4.69, 9.17) is 21.1 Å². The quantitative estimate of drug-likeness (QED) is 0.697. The second-order valence-corrected chi connectivity index (χ2v) is 3.18. The minimum atomic E-state index is -0.598. The first-order chi connectivity index (χ1) is 6.27. The minimum absolute atomic E-state index is 0.351. The lowest BCUT2D eigenvalue weighted by molar-refractivity contribution is -0.0464. The molecule has 1 heterocycles. The van der Waals surface area contributed by atoms with Crippen LogP contribution in [0.1, 0.15) is 11.9 Å². The highest BCUT2D eigenvalue weighted by atomic mass is 35.5. The molecule has 1 fully saturated rings. The van der Waals surface area contributed by atoms with Crippen LogP contribution in [0.3, 0.4) is 0 Å². The van der Waals surface area contributed by atoms with Gasteiger partial charge in [0.1, 0.15) is 5.82 Å². The molecule has 0 aliphatic carbocycles. The summed E-state index contributed by atoms with van der Waals surface area (Å²) in [6.45, 7) is 0.993. The van der Waals surface area contributed by atoms with E-state index in [-0.39, 0.29) is 5.82 Å². The smallest absolute Gasteiger partial charge is 0.186 e. The molecule has 0 N–H and O–H groups in total. The number of halogens is 2. The second-order valence-electron chi connectivity index (χ2n) is 2.74. The normalized spacial score (nSPS) is 18.0. The Labute approximate surface area is 80.2 Å². The summed E-state index contributed by atoms with van der Waals surface area (Å²) in [6.07, 6.45) is -0.598. The fourth-order valence-electron chi connectivity index (χ4n) is 1.23. The fraction of sp³-hybridized carbons (Fsp3) is 0.333. The van der Waals surface area contributed by atoms with E-state index >= 15 is 0 Å². The second kappa shape index (κ2) is 3.62. The van der Waals surface area contributed by atoms with Crippen molar-refractivity contribution < 1.29 is 13.9 Å². The highest BCUT2D eigenvalue weighted by molar-refractivity contribution is 6.30. The summed E-state index contributed by atoms with van der Waals surface area (Å²) in [5, 5.41) is 0.482. The lowest BCUT2D eigenvalue weighted by atomic mass is 10.2. The molecule has 0 bridgehead atoms. The van der Waals surface area contributed by atoms with Crippen molar-refractivity contribution in [3.8, 4) is 0 Å². The Kier molecular flexibility index (Phi) is 2.49. The van der Waals surface area contributed by atoms with Crippen LogP contribution in [-0.2, 0) is 9.47 Å². The molecule has 0 amide bonds. The van der Waals surface area contributed by atoms with Crippen LogP contribution in [0, 0.1) is 5.82 Å². The zero-order valence-corrected chi connectivity index (χ0v) is 7.55. The topological polar surface area (TPSA) is 18.5 Å². The van der Waals surface area contributed by atoms with Crippen molar-refractivity contribution in [2.45, 2.75) is 6.29 Å². The molecule has 70 valence electrons. The van der Waals surface area contributed by atoms with Crippen LogP contribution in [-0.4, -0.2) is 13.2 Å². The van der Waals surface area contributed by atoms with E-state index < -0.39 is 6.29 Å². The van der Waals surface area contributed by atoms with E-state index in [2.05, 4.69) is 0 Å². The summed E-state index contributed by atoms with van der Waals surface area (Å²) in [4.78, 5) is 0. The van der Waals surface area contributed by atoms with Gasteiger partial charge in [0.15, 0.2) is 6.29 Å². The average molecular weight is 203 g/mol. The van der Waals surface area contributed by atoms with Gasteiger partial charge in [0, 0.05) is 10.6 Å². The maximum absolute atomic E-state index is 13.2. The van der Waals surface area contributed by atoms with Gasteiger partial charge in [-0.1, -0.05) is 11.6 Å². The van der Waals surface area contributed by atoms with Crippen molar-refractivity contribution >= 4 is 11.6 Å². The third-order valence-electron chi connectivity index (χ3n) is 1.83. The maximum atomic E-state index is 13.2. The molecular weight excluding hydrogens is 195 g/mol. The van der Waals surface area contributed by atoms with Crippen molar-refractivity contribution in [2.24, 2.45) is 0 Å². The Balaban J connectivity index is 2.32. The number of rotatable bonds is 1. The number of benzene rings is 1. The first-order valence-electron chi connectivity index (χ1n) is 3.95. The van der Waals surface area contributed by atoms with Crippen LogP contribution in [0.25, 0.3) is 0 Å². The van der Waals surface area contributed by atoms with E-state index in [1.165, 1.54) is 18.2 Å². The van der Waals surface area contributed by atoms with E-state index in [9.17, 15) is 4.39 Å². The molecule has 4 heteroatoms. The molecule has 0 unspecified atom stereocenters. The lowest BCUT2D eigenvalue weighted by Crippen LogP contribution is -2.00. The van der Waals surface area contributed by atoms with E-state index in [0.29, 0.717) is 23.8 Å². The van der Waals surface area contributed by atoms with E-state index in [1.807, 2.05) is 0 Å². The fourth-order valence-corrected chi connectivity index (χ4v) is 1.41. The number of hydrogen-bond acceptors (Lipinski definition) is 2. The van der Waals surface area contributed by atoms with Gasteiger partial charge in [-0.15, -0.1) is 0 Å². The van der Waals surface area contributed by atoms with Crippen molar-refractivity contribution in [2.75, 3.05) is 13.2 Å². The van der Waals surface area contributed by atoms with Crippen LogP contribution in [0.15, 0.2) is 18.2 Å². The molecule has 1 aromatic rings. The number of ether oxygens (including phenoxy) is 2. The summed E-state index contributed by atoms with van der Waals surface area (Å²) in [5.74, 6) is -0.351. The summed E-state index contributed by atoms with van der Waals surface area (Å²) in [6, 6.07) is 4.32. The van der Waals surface area contributed by atoms with Crippen molar-refractivity contribution in [3.63, 3.8) is 0 Å².